The molecule has 0 spiro atoms. The maximum Gasteiger partial charge on any atom is 0.264 e. The Bertz CT molecular complexity index is 1370. The van der Waals surface area contributed by atoms with Crippen molar-refractivity contribution in [3.05, 3.63) is 93.4 Å². The molecule has 202 valence electrons. The molecule has 0 aliphatic heterocycles. The van der Waals surface area contributed by atoms with E-state index in [1.165, 1.54) is 29.2 Å². The zero-order valence-corrected chi connectivity index (χ0v) is 24.7. The van der Waals surface area contributed by atoms with Crippen LogP contribution < -0.4 is 9.62 Å². The number of aryl methyl sites for hydroxylation is 1. The van der Waals surface area contributed by atoms with Gasteiger partial charge in [-0.3, -0.25) is 13.9 Å². The van der Waals surface area contributed by atoms with Crippen LogP contribution in [0, 0.1) is 6.92 Å². The van der Waals surface area contributed by atoms with Crippen molar-refractivity contribution in [3.63, 3.8) is 0 Å². The molecule has 3 aromatic rings. The topological polar surface area (TPSA) is 86.8 Å². The molecular weight excluding hydrogens is 590 g/mol. The maximum absolute atomic E-state index is 13.8. The van der Waals surface area contributed by atoms with Gasteiger partial charge in [-0.2, -0.15) is 0 Å². The molecule has 3 aromatic carbocycles. The van der Waals surface area contributed by atoms with Crippen LogP contribution in [0.3, 0.4) is 0 Å². The molecule has 0 bridgehead atoms. The predicted octanol–water partition coefficient (Wildman–Crippen LogP) is 5.55. The number of nitrogens with one attached hydrogen (secondary N) is 1. The Kier molecular flexibility index (Phi) is 10.4. The van der Waals surface area contributed by atoms with Crippen molar-refractivity contribution in [3.8, 4) is 0 Å². The highest BCUT2D eigenvalue weighted by Gasteiger charge is 2.32. The molecule has 0 aromatic heterocycles. The van der Waals surface area contributed by atoms with Gasteiger partial charge in [0.25, 0.3) is 10.0 Å². The van der Waals surface area contributed by atoms with Crippen LogP contribution >= 0.6 is 27.5 Å². The number of hydrogen-bond donors (Lipinski definition) is 1. The second kappa shape index (κ2) is 13.3. The van der Waals surface area contributed by atoms with Gasteiger partial charge in [0.1, 0.15) is 12.6 Å². The maximum atomic E-state index is 13.8. The van der Waals surface area contributed by atoms with Crippen molar-refractivity contribution < 1.29 is 18.0 Å². The number of sulfonamides is 1. The summed E-state index contributed by atoms with van der Waals surface area (Å²) in [6.07, 6.45) is 0.750. The Hall–Kier alpha value is -2.88. The van der Waals surface area contributed by atoms with E-state index in [4.69, 9.17) is 11.6 Å². The van der Waals surface area contributed by atoms with E-state index in [-0.39, 0.29) is 17.3 Å². The van der Waals surface area contributed by atoms with E-state index in [1.807, 2.05) is 44.2 Å². The molecule has 1 N–H and O–H groups in total. The third-order valence-corrected chi connectivity index (χ3v) is 8.52. The Balaban J connectivity index is 2.01. The van der Waals surface area contributed by atoms with Gasteiger partial charge in [-0.1, -0.05) is 58.7 Å². The predicted molar refractivity (Wildman–Crippen MR) is 155 cm³/mol. The molecule has 7 nitrogen and oxygen atoms in total. The number of rotatable bonds is 11. The average Bonchev–Trinajstić information content (AvgIpc) is 2.89. The van der Waals surface area contributed by atoms with Crippen LogP contribution in [0.1, 0.15) is 31.4 Å². The van der Waals surface area contributed by atoms with Crippen LogP contribution in [0.15, 0.2) is 82.2 Å². The van der Waals surface area contributed by atoms with E-state index in [9.17, 15) is 18.0 Å². The van der Waals surface area contributed by atoms with Crippen molar-refractivity contribution in [1.29, 1.82) is 0 Å². The average molecular weight is 621 g/mol. The molecule has 0 heterocycles. The standard InChI is InChI=1S/C28H31BrClN3O4S/c1-4-16-31-28(35)21(3)32(18-22-8-10-23(29)11-9-22)27(34)19-33(25-7-5-6-20(2)17-25)38(36,37)26-14-12-24(30)13-15-26/h5-15,17,21H,4,16,18-19H2,1-3H3,(H,31,35)/t21-/m1/s1. The first kappa shape index (κ1) is 29.7. The Morgan fingerprint density at radius 3 is 2.29 bits per heavy atom. The van der Waals surface area contributed by atoms with Gasteiger partial charge in [0.05, 0.1) is 10.6 Å². The molecule has 10 heteroatoms. The number of hydrogen-bond acceptors (Lipinski definition) is 4. The summed E-state index contributed by atoms with van der Waals surface area (Å²) in [7, 11) is -4.13. The second-order valence-electron chi connectivity index (χ2n) is 8.92. The lowest BCUT2D eigenvalue weighted by molar-refractivity contribution is -0.139. The first-order valence-electron chi connectivity index (χ1n) is 12.2. The van der Waals surface area contributed by atoms with Crippen molar-refractivity contribution >= 4 is 55.1 Å². The summed E-state index contributed by atoms with van der Waals surface area (Å²) in [4.78, 5) is 28.1. The van der Waals surface area contributed by atoms with E-state index in [1.54, 1.807) is 25.1 Å². The molecule has 0 unspecified atom stereocenters. The molecule has 0 fully saturated rings. The lowest BCUT2D eigenvalue weighted by Gasteiger charge is -2.32. The highest BCUT2D eigenvalue weighted by atomic mass is 79.9. The Labute approximate surface area is 238 Å². The Morgan fingerprint density at radius 1 is 1.03 bits per heavy atom. The van der Waals surface area contributed by atoms with Gasteiger partial charge in [0.15, 0.2) is 0 Å². The minimum absolute atomic E-state index is 0.00408. The first-order valence-corrected chi connectivity index (χ1v) is 14.8. The van der Waals surface area contributed by atoms with Crippen molar-refractivity contribution in [2.75, 3.05) is 17.4 Å². The molecule has 0 saturated heterocycles. The van der Waals surface area contributed by atoms with Gasteiger partial charge in [0.2, 0.25) is 11.8 Å². The van der Waals surface area contributed by atoms with Gasteiger partial charge in [-0.15, -0.1) is 0 Å². The van der Waals surface area contributed by atoms with Gasteiger partial charge in [-0.05, 0) is 79.9 Å². The molecule has 38 heavy (non-hydrogen) atoms. The smallest absolute Gasteiger partial charge is 0.264 e. The summed E-state index contributed by atoms with van der Waals surface area (Å²) in [5.41, 5.74) is 1.99. The van der Waals surface area contributed by atoms with Gasteiger partial charge in [0, 0.05) is 22.6 Å². The number of carbonyl (C=O) groups is 2. The molecule has 3 rings (SSSR count). The SMILES string of the molecule is CCCNC(=O)[C@@H](C)N(Cc1ccc(Br)cc1)C(=O)CN(c1cccc(C)c1)S(=O)(=O)c1ccc(Cl)cc1. The zero-order chi connectivity index (χ0) is 27.9. The summed E-state index contributed by atoms with van der Waals surface area (Å²) >= 11 is 9.39. The molecule has 1 atom stereocenters. The lowest BCUT2D eigenvalue weighted by Crippen LogP contribution is -2.51. The summed E-state index contributed by atoms with van der Waals surface area (Å²) in [5, 5.41) is 3.23. The summed E-state index contributed by atoms with van der Waals surface area (Å²) in [6, 6.07) is 19.3. The van der Waals surface area contributed by atoms with Crippen LogP contribution in [-0.2, 0) is 26.2 Å². The molecule has 0 radical (unpaired) electrons. The molecule has 0 saturated carbocycles. The normalized spacial score (nSPS) is 12.0. The monoisotopic (exact) mass is 619 g/mol. The van der Waals surface area contributed by atoms with Crippen LogP contribution in [0.25, 0.3) is 0 Å². The number of nitrogens with zero attached hydrogens (tertiary/aromatic N) is 2. The minimum atomic E-state index is -4.13. The second-order valence-corrected chi connectivity index (χ2v) is 12.1. The van der Waals surface area contributed by atoms with E-state index < -0.39 is 28.5 Å². The summed E-state index contributed by atoms with van der Waals surface area (Å²) in [5.74, 6) is -0.814. The number of carbonyl (C=O) groups excluding carboxylic acids is 2. The number of benzene rings is 3. The van der Waals surface area contributed by atoms with Crippen LogP contribution in [0.5, 0.6) is 0 Å². The molecule has 0 aliphatic rings. The molecular formula is C28H31BrClN3O4S. The fourth-order valence-corrected chi connectivity index (χ4v) is 5.61. The quantitative estimate of drug-likeness (QED) is 0.305. The molecule has 0 aliphatic carbocycles. The zero-order valence-electron chi connectivity index (χ0n) is 21.5. The van der Waals surface area contributed by atoms with E-state index in [2.05, 4.69) is 21.2 Å². The largest absolute Gasteiger partial charge is 0.354 e. The van der Waals surface area contributed by atoms with Crippen molar-refractivity contribution in [2.45, 2.75) is 44.7 Å². The van der Waals surface area contributed by atoms with Gasteiger partial charge >= 0.3 is 0 Å². The van der Waals surface area contributed by atoms with E-state index in [0.717, 1.165) is 26.3 Å². The highest BCUT2D eigenvalue weighted by molar-refractivity contribution is 9.10. The van der Waals surface area contributed by atoms with Crippen molar-refractivity contribution in [2.24, 2.45) is 0 Å². The minimum Gasteiger partial charge on any atom is -0.354 e. The highest BCUT2D eigenvalue weighted by Crippen LogP contribution is 2.26. The van der Waals surface area contributed by atoms with Crippen molar-refractivity contribution in [1.82, 2.24) is 10.2 Å². The van der Waals surface area contributed by atoms with E-state index in [0.29, 0.717) is 17.3 Å². The Morgan fingerprint density at radius 2 is 1.68 bits per heavy atom. The summed E-state index contributed by atoms with van der Waals surface area (Å²) in [6.45, 7) is 5.55. The van der Waals surface area contributed by atoms with Gasteiger partial charge < -0.3 is 10.2 Å². The number of amides is 2. The number of anilines is 1. The fraction of sp³-hybridized carbons (Fsp3) is 0.286. The third kappa shape index (κ3) is 7.58. The third-order valence-electron chi connectivity index (χ3n) is 5.95. The molecule has 2 amide bonds. The van der Waals surface area contributed by atoms with Gasteiger partial charge in [-0.25, -0.2) is 8.42 Å². The first-order chi connectivity index (χ1) is 18.0. The lowest BCUT2D eigenvalue weighted by atomic mass is 10.1. The number of halogens is 2. The van der Waals surface area contributed by atoms with Crippen LogP contribution in [-0.4, -0.2) is 44.3 Å². The van der Waals surface area contributed by atoms with Crippen LogP contribution in [0.2, 0.25) is 5.02 Å². The fourth-order valence-electron chi connectivity index (χ4n) is 3.81. The van der Waals surface area contributed by atoms with E-state index >= 15 is 0 Å². The summed E-state index contributed by atoms with van der Waals surface area (Å²) < 4.78 is 29.5. The van der Waals surface area contributed by atoms with Crippen LogP contribution in [0.4, 0.5) is 5.69 Å².